The Bertz CT molecular complexity index is 685. The molecule has 1 aromatic rings. The quantitative estimate of drug-likeness (QED) is 0.428. The molecule has 9 heteroatoms. The minimum absolute atomic E-state index is 0.0245. The van der Waals surface area contributed by atoms with Crippen molar-refractivity contribution in [2.75, 3.05) is 38.7 Å². The third kappa shape index (κ3) is 5.13. The number of nitro groups is 1. The van der Waals surface area contributed by atoms with E-state index in [1.807, 2.05) is 0 Å². The molecule has 0 unspecified atom stereocenters. The van der Waals surface area contributed by atoms with Crippen LogP contribution in [-0.4, -0.2) is 51.0 Å². The highest BCUT2D eigenvalue weighted by molar-refractivity contribution is 7.89. The molecule has 8 nitrogen and oxygen atoms in total. The zero-order valence-corrected chi connectivity index (χ0v) is 15.3. The number of benzene rings is 1. The van der Waals surface area contributed by atoms with Crippen LogP contribution in [0.1, 0.15) is 32.1 Å². The summed E-state index contributed by atoms with van der Waals surface area (Å²) in [5, 5.41) is 14.3. The molecule has 0 radical (unpaired) electrons. The van der Waals surface area contributed by atoms with Crippen LogP contribution in [0, 0.1) is 10.1 Å². The molecular weight excluding hydrogens is 346 g/mol. The Morgan fingerprint density at radius 2 is 1.92 bits per heavy atom. The smallest absolute Gasteiger partial charge is 0.293 e. The first-order chi connectivity index (χ1) is 12.0. The predicted octanol–water partition coefficient (Wildman–Crippen LogP) is 2.61. The van der Waals surface area contributed by atoms with Crippen LogP contribution in [0.4, 0.5) is 11.4 Å². The lowest BCUT2D eigenvalue weighted by Crippen LogP contribution is -2.32. The lowest BCUT2D eigenvalue weighted by Gasteiger charge is -2.20. The number of hydrogen-bond donors (Lipinski definition) is 1. The lowest BCUT2D eigenvalue weighted by atomic mass is 10.2. The topological polar surface area (TPSA) is 102 Å². The van der Waals surface area contributed by atoms with E-state index in [2.05, 4.69) is 5.32 Å². The van der Waals surface area contributed by atoms with E-state index in [0.29, 0.717) is 38.3 Å². The van der Waals surface area contributed by atoms with Crippen molar-refractivity contribution in [3.63, 3.8) is 0 Å². The van der Waals surface area contributed by atoms with E-state index < -0.39 is 14.9 Å². The average molecular weight is 371 g/mol. The van der Waals surface area contributed by atoms with Crippen molar-refractivity contribution in [2.45, 2.75) is 37.0 Å². The zero-order valence-electron chi connectivity index (χ0n) is 14.4. The Hall–Kier alpha value is -1.71. The molecular formula is C16H25N3O5S. The van der Waals surface area contributed by atoms with Gasteiger partial charge in [0, 0.05) is 39.4 Å². The van der Waals surface area contributed by atoms with Crippen LogP contribution in [-0.2, 0) is 14.8 Å². The molecule has 1 fully saturated rings. The maximum Gasteiger partial charge on any atom is 0.293 e. The van der Waals surface area contributed by atoms with E-state index in [1.54, 1.807) is 7.11 Å². The second kappa shape index (κ2) is 9.12. The minimum atomic E-state index is -3.71. The van der Waals surface area contributed by atoms with Gasteiger partial charge in [-0.1, -0.05) is 12.8 Å². The molecule has 25 heavy (non-hydrogen) atoms. The second-order valence-corrected chi connectivity index (χ2v) is 7.97. The number of rotatable bonds is 8. The van der Waals surface area contributed by atoms with Gasteiger partial charge in [-0.2, -0.15) is 4.31 Å². The number of nitrogens with zero attached hydrogens (tertiary/aromatic N) is 2. The molecule has 1 aliphatic heterocycles. The van der Waals surface area contributed by atoms with E-state index in [1.165, 1.54) is 16.4 Å². The molecule has 2 rings (SSSR count). The van der Waals surface area contributed by atoms with Crippen LogP contribution in [0.15, 0.2) is 23.1 Å². The van der Waals surface area contributed by atoms with Gasteiger partial charge in [0.25, 0.3) is 5.69 Å². The molecule has 1 heterocycles. The van der Waals surface area contributed by atoms with Gasteiger partial charge >= 0.3 is 0 Å². The molecule has 0 bridgehead atoms. The third-order valence-electron chi connectivity index (χ3n) is 4.21. The third-order valence-corrected chi connectivity index (χ3v) is 6.10. The average Bonchev–Trinajstić information content (AvgIpc) is 2.88. The molecule has 0 aliphatic carbocycles. The molecule has 1 saturated heterocycles. The van der Waals surface area contributed by atoms with Crippen molar-refractivity contribution in [1.82, 2.24) is 4.31 Å². The lowest BCUT2D eigenvalue weighted by molar-refractivity contribution is -0.384. The van der Waals surface area contributed by atoms with Crippen LogP contribution in [0.3, 0.4) is 0 Å². The Kier molecular flexibility index (Phi) is 7.15. The van der Waals surface area contributed by atoms with Gasteiger partial charge in [0.15, 0.2) is 0 Å². The predicted molar refractivity (Wildman–Crippen MR) is 95.3 cm³/mol. The fourth-order valence-electron chi connectivity index (χ4n) is 2.84. The first-order valence-electron chi connectivity index (χ1n) is 8.48. The van der Waals surface area contributed by atoms with Gasteiger partial charge in [-0.3, -0.25) is 10.1 Å². The van der Waals surface area contributed by atoms with E-state index in [-0.39, 0.29) is 10.6 Å². The minimum Gasteiger partial charge on any atom is -0.385 e. The van der Waals surface area contributed by atoms with Crippen LogP contribution in [0.25, 0.3) is 0 Å². The monoisotopic (exact) mass is 371 g/mol. The normalized spacial score (nSPS) is 16.4. The van der Waals surface area contributed by atoms with Crippen molar-refractivity contribution in [3.8, 4) is 0 Å². The molecule has 0 atom stereocenters. The fraction of sp³-hybridized carbons (Fsp3) is 0.625. The van der Waals surface area contributed by atoms with Gasteiger partial charge in [0.2, 0.25) is 10.0 Å². The number of sulfonamides is 1. The Morgan fingerprint density at radius 1 is 1.24 bits per heavy atom. The van der Waals surface area contributed by atoms with Gasteiger partial charge in [0.1, 0.15) is 5.69 Å². The van der Waals surface area contributed by atoms with Crippen LogP contribution in [0.2, 0.25) is 0 Å². The van der Waals surface area contributed by atoms with Crippen molar-refractivity contribution in [1.29, 1.82) is 0 Å². The van der Waals surface area contributed by atoms with Gasteiger partial charge in [-0.15, -0.1) is 0 Å². The van der Waals surface area contributed by atoms with Gasteiger partial charge in [-0.25, -0.2) is 8.42 Å². The largest absolute Gasteiger partial charge is 0.385 e. The van der Waals surface area contributed by atoms with E-state index >= 15 is 0 Å². The Labute approximate surface area is 148 Å². The molecule has 1 aromatic carbocycles. The highest BCUT2D eigenvalue weighted by atomic mass is 32.2. The summed E-state index contributed by atoms with van der Waals surface area (Å²) in [6.45, 7) is 1.98. The summed E-state index contributed by atoms with van der Waals surface area (Å²) >= 11 is 0. The Morgan fingerprint density at radius 3 is 2.52 bits per heavy atom. The molecule has 0 amide bonds. The summed E-state index contributed by atoms with van der Waals surface area (Å²) < 4.78 is 32.0. The number of nitro benzene ring substituents is 1. The molecule has 0 saturated carbocycles. The van der Waals surface area contributed by atoms with Gasteiger partial charge in [0.05, 0.1) is 9.82 Å². The maximum atomic E-state index is 12.8. The standard InChI is InChI=1S/C16H25N3O5S/c1-24-12-6-9-17-15-8-7-14(13-16(15)19(20)21)25(22,23)18-10-4-2-3-5-11-18/h7-8,13,17H,2-6,9-12H2,1H3. The first-order valence-corrected chi connectivity index (χ1v) is 9.92. The van der Waals surface area contributed by atoms with Crippen molar-refractivity contribution in [2.24, 2.45) is 0 Å². The number of hydrogen-bond acceptors (Lipinski definition) is 6. The summed E-state index contributed by atoms with van der Waals surface area (Å²) in [7, 11) is -2.12. The molecule has 0 spiro atoms. The summed E-state index contributed by atoms with van der Waals surface area (Å²) in [5.41, 5.74) is 0.0873. The highest BCUT2D eigenvalue weighted by Crippen LogP contribution is 2.29. The van der Waals surface area contributed by atoms with Crippen molar-refractivity contribution >= 4 is 21.4 Å². The molecule has 1 aliphatic rings. The Balaban J connectivity index is 2.23. The van der Waals surface area contributed by atoms with Gasteiger partial charge in [-0.05, 0) is 31.4 Å². The number of nitrogens with one attached hydrogen (secondary N) is 1. The van der Waals surface area contributed by atoms with E-state index in [4.69, 9.17) is 4.74 Å². The number of methoxy groups -OCH3 is 1. The van der Waals surface area contributed by atoms with E-state index in [9.17, 15) is 18.5 Å². The summed E-state index contributed by atoms with van der Waals surface area (Å²) in [6, 6.07) is 4.06. The van der Waals surface area contributed by atoms with Crippen LogP contribution >= 0.6 is 0 Å². The highest BCUT2D eigenvalue weighted by Gasteiger charge is 2.27. The second-order valence-electron chi connectivity index (χ2n) is 6.03. The molecule has 140 valence electrons. The summed E-state index contributed by atoms with van der Waals surface area (Å²) in [5.74, 6) is 0. The number of ether oxygens (including phenoxy) is 1. The maximum absolute atomic E-state index is 12.8. The fourth-order valence-corrected chi connectivity index (χ4v) is 4.38. The summed E-state index contributed by atoms with van der Waals surface area (Å²) in [6.07, 6.45) is 4.36. The molecule has 0 aromatic heterocycles. The van der Waals surface area contributed by atoms with Gasteiger partial charge < -0.3 is 10.1 Å². The van der Waals surface area contributed by atoms with E-state index in [0.717, 1.165) is 31.7 Å². The van der Waals surface area contributed by atoms with Crippen molar-refractivity contribution in [3.05, 3.63) is 28.3 Å². The first kappa shape index (κ1) is 19.6. The number of anilines is 1. The molecule has 1 N–H and O–H groups in total. The van der Waals surface area contributed by atoms with Crippen molar-refractivity contribution < 1.29 is 18.1 Å². The summed E-state index contributed by atoms with van der Waals surface area (Å²) in [4.78, 5) is 10.8. The SMILES string of the molecule is COCCCNc1ccc(S(=O)(=O)N2CCCCCC2)cc1[N+](=O)[O-]. The zero-order chi connectivity index (χ0) is 18.3. The van der Waals surface area contributed by atoms with Crippen LogP contribution < -0.4 is 5.32 Å². The van der Waals surface area contributed by atoms with Crippen LogP contribution in [0.5, 0.6) is 0 Å².